The summed E-state index contributed by atoms with van der Waals surface area (Å²) in [6.07, 6.45) is 7.94. The monoisotopic (exact) mass is 581 g/mol. The number of rotatable bonds is 6. The van der Waals surface area contributed by atoms with Crippen LogP contribution in [-0.2, 0) is 6.42 Å². The Morgan fingerprint density at radius 3 is 2.43 bits per heavy atom. The van der Waals surface area contributed by atoms with E-state index in [0.717, 1.165) is 47.0 Å². The van der Waals surface area contributed by atoms with Crippen molar-refractivity contribution in [2.45, 2.75) is 32.1 Å². The summed E-state index contributed by atoms with van der Waals surface area (Å²) < 4.78 is 15.5. The number of hydrogen-bond acceptors (Lipinski definition) is 8. The number of nitrogens with zero attached hydrogens (tertiary/aromatic N) is 8. The van der Waals surface area contributed by atoms with Crippen molar-refractivity contribution >= 4 is 34.0 Å². The maximum Gasteiger partial charge on any atom is 0.314 e. The number of aryl methyl sites for hydroxylation is 1. The van der Waals surface area contributed by atoms with E-state index in [2.05, 4.69) is 16.0 Å². The van der Waals surface area contributed by atoms with Crippen LogP contribution in [0.4, 0.5) is 20.1 Å². The smallest absolute Gasteiger partial charge is 0.314 e. The molecule has 5 heterocycles. The van der Waals surface area contributed by atoms with E-state index >= 15 is 0 Å². The zero-order valence-electron chi connectivity index (χ0n) is 23.2. The van der Waals surface area contributed by atoms with E-state index in [1.54, 1.807) is 17.0 Å². The molecule has 2 N–H and O–H groups in total. The molecule has 1 saturated heterocycles. The van der Waals surface area contributed by atoms with E-state index in [4.69, 9.17) is 15.7 Å². The molecule has 1 aromatic carbocycles. The number of urea groups is 1. The van der Waals surface area contributed by atoms with E-state index in [9.17, 15) is 14.4 Å². The van der Waals surface area contributed by atoms with Crippen LogP contribution in [0.5, 0.6) is 0 Å². The number of anilines is 2. The summed E-state index contributed by atoms with van der Waals surface area (Å²) in [5.41, 5.74) is 10.1. The molecule has 10 nitrogen and oxygen atoms in total. The van der Waals surface area contributed by atoms with Crippen LogP contribution in [-0.4, -0.2) is 55.4 Å². The zero-order chi connectivity index (χ0) is 29.4. The number of imidazole rings is 1. The predicted octanol–water partition coefficient (Wildman–Crippen LogP) is 5.51. The molecule has 6 rings (SSSR count). The van der Waals surface area contributed by atoms with Crippen LogP contribution >= 0.6 is 11.3 Å². The number of primary amides is 1. The highest BCUT2D eigenvalue weighted by atomic mass is 32.1. The molecule has 5 aromatic rings. The van der Waals surface area contributed by atoms with Gasteiger partial charge in [0.2, 0.25) is 0 Å². The number of carbonyl (C=O) groups is 1. The molecule has 1 fully saturated rings. The summed E-state index contributed by atoms with van der Waals surface area (Å²) in [6, 6.07) is 11.8. The average molecular weight is 582 g/mol. The van der Waals surface area contributed by atoms with Gasteiger partial charge < -0.3 is 15.5 Å². The SMILES string of the molecule is CCc1nc2ccc(-c3cnc(C4CCN(C(N)=O)CC4)nc3)cn2c1N(C)c1nc(-c2ccc(F)cc2)c(C#N)s1. The first-order chi connectivity index (χ1) is 20.4. The summed E-state index contributed by atoms with van der Waals surface area (Å²) >= 11 is 1.28. The molecule has 0 unspecified atom stereocenters. The van der Waals surface area contributed by atoms with Crippen molar-refractivity contribution in [3.8, 4) is 28.5 Å². The molecule has 0 bridgehead atoms. The molecule has 0 aliphatic carbocycles. The van der Waals surface area contributed by atoms with Crippen molar-refractivity contribution in [2.24, 2.45) is 5.73 Å². The number of carbonyl (C=O) groups excluding carboxylic acids is 1. The first-order valence-corrected chi connectivity index (χ1v) is 14.5. The second-order valence-corrected chi connectivity index (χ2v) is 11.1. The molecular weight excluding hydrogens is 553 g/mol. The number of hydrogen-bond donors (Lipinski definition) is 1. The molecule has 1 aliphatic heterocycles. The van der Waals surface area contributed by atoms with Crippen LogP contribution in [0.3, 0.4) is 0 Å². The third kappa shape index (κ3) is 5.03. The molecule has 1 aliphatic rings. The summed E-state index contributed by atoms with van der Waals surface area (Å²) in [4.78, 5) is 34.4. The van der Waals surface area contributed by atoms with Gasteiger partial charge in [0.25, 0.3) is 0 Å². The Morgan fingerprint density at radius 2 is 1.79 bits per heavy atom. The number of fused-ring (bicyclic) bond motifs is 1. The number of halogens is 1. The Labute approximate surface area is 245 Å². The van der Waals surface area contributed by atoms with Gasteiger partial charge in [-0.2, -0.15) is 5.26 Å². The fourth-order valence-corrected chi connectivity index (χ4v) is 6.17. The number of aromatic nitrogens is 5. The number of piperidine rings is 1. The second kappa shape index (κ2) is 11.2. The number of nitriles is 1. The lowest BCUT2D eigenvalue weighted by Crippen LogP contribution is -2.41. The Hall–Kier alpha value is -4.89. The van der Waals surface area contributed by atoms with Gasteiger partial charge in [0.1, 0.15) is 39.7 Å². The summed E-state index contributed by atoms with van der Waals surface area (Å²) in [5, 5.41) is 10.4. The lowest BCUT2D eigenvalue weighted by molar-refractivity contribution is 0.189. The quantitative estimate of drug-likeness (QED) is 0.280. The minimum Gasteiger partial charge on any atom is -0.351 e. The highest BCUT2D eigenvalue weighted by Gasteiger charge is 2.25. The van der Waals surface area contributed by atoms with Crippen LogP contribution in [0.2, 0.25) is 0 Å². The molecule has 0 radical (unpaired) electrons. The van der Waals surface area contributed by atoms with Gasteiger partial charge in [-0.3, -0.25) is 4.40 Å². The van der Waals surface area contributed by atoms with Crippen LogP contribution < -0.4 is 10.6 Å². The third-order valence-electron chi connectivity index (χ3n) is 7.61. The largest absolute Gasteiger partial charge is 0.351 e. The topological polar surface area (TPSA) is 129 Å². The Morgan fingerprint density at radius 1 is 1.10 bits per heavy atom. The summed E-state index contributed by atoms with van der Waals surface area (Å²) in [6.45, 7) is 3.27. The van der Waals surface area contributed by atoms with Crippen LogP contribution in [0, 0.1) is 17.1 Å². The molecular formula is C30H28FN9OS. The normalized spacial score (nSPS) is 13.8. The Kier molecular flexibility index (Phi) is 7.26. The van der Waals surface area contributed by atoms with Gasteiger partial charge in [0.05, 0.1) is 5.69 Å². The number of likely N-dealkylation sites (tertiary alicyclic amines) is 1. The number of amides is 2. The molecule has 4 aromatic heterocycles. The highest BCUT2D eigenvalue weighted by Crippen LogP contribution is 2.37. The molecule has 0 saturated carbocycles. The van der Waals surface area contributed by atoms with Crippen LogP contribution in [0.15, 0.2) is 55.0 Å². The minimum absolute atomic E-state index is 0.189. The van der Waals surface area contributed by atoms with Crippen molar-refractivity contribution in [3.05, 3.63) is 77.2 Å². The lowest BCUT2D eigenvalue weighted by Gasteiger charge is -2.29. The van der Waals surface area contributed by atoms with Gasteiger partial charge in [0.15, 0.2) is 5.13 Å². The summed E-state index contributed by atoms with van der Waals surface area (Å²) in [5.74, 6) is 1.46. The van der Waals surface area contributed by atoms with Crippen LogP contribution in [0.1, 0.15) is 42.1 Å². The van der Waals surface area contributed by atoms with Gasteiger partial charge in [-0.05, 0) is 55.7 Å². The summed E-state index contributed by atoms with van der Waals surface area (Å²) in [7, 11) is 1.91. The van der Waals surface area contributed by atoms with Crippen LogP contribution in [0.25, 0.3) is 28.0 Å². The number of thiazole rings is 1. The van der Waals surface area contributed by atoms with Gasteiger partial charge in [0, 0.05) is 61.3 Å². The molecule has 12 heteroatoms. The van der Waals surface area contributed by atoms with Crippen molar-refractivity contribution in [1.82, 2.24) is 29.2 Å². The average Bonchev–Trinajstić information content (AvgIpc) is 3.63. The zero-order valence-corrected chi connectivity index (χ0v) is 24.0. The molecule has 2 amide bonds. The number of benzene rings is 1. The lowest BCUT2D eigenvalue weighted by atomic mass is 9.96. The number of nitrogens with two attached hydrogens (primary N) is 1. The van der Waals surface area contributed by atoms with Crippen molar-refractivity contribution in [1.29, 1.82) is 5.26 Å². The van der Waals surface area contributed by atoms with Gasteiger partial charge >= 0.3 is 6.03 Å². The van der Waals surface area contributed by atoms with Gasteiger partial charge in [-0.1, -0.05) is 18.3 Å². The Bertz CT molecular complexity index is 1800. The van der Waals surface area contributed by atoms with E-state index in [1.807, 2.05) is 54.0 Å². The third-order valence-corrected chi connectivity index (χ3v) is 8.65. The van der Waals surface area contributed by atoms with Gasteiger partial charge in [-0.25, -0.2) is 29.1 Å². The van der Waals surface area contributed by atoms with Crippen molar-refractivity contribution in [2.75, 3.05) is 25.0 Å². The van der Waals surface area contributed by atoms with Gasteiger partial charge in [-0.15, -0.1) is 0 Å². The van der Waals surface area contributed by atoms with E-state index < -0.39 is 0 Å². The maximum atomic E-state index is 13.5. The Balaban J connectivity index is 1.31. The fourth-order valence-electron chi connectivity index (χ4n) is 5.32. The van der Waals surface area contributed by atoms with Crippen molar-refractivity contribution in [3.63, 3.8) is 0 Å². The minimum atomic E-state index is -0.385. The molecule has 42 heavy (non-hydrogen) atoms. The standard InChI is InChI=1S/C30H28FN9OS/c1-3-23-28(38(2)30-37-26(24(14-32)42-30)18-4-7-22(31)8-5-18)40-17-20(6-9-25(40)36-23)21-15-34-27(35-16-21)19-10-12-39(13-11-19)29(33)41/h4-9,15-17,19H,3,10-13H2,1-2H3,(H2,33,41). The number of pyridine rings is 1. The van der Waals surface area contributed by atoms with E-state index in [1.165, 1.54) is 23.5 Å². The molecule has 0 atom stereocenters. The fraction of sp³-hybridized carbons (Fsp3) is 0.267. The first kappa shape index (κ1) is 27.3. The van der Waals surface area contributed by atoms with Crippen molar-refractivity contribution < 1.29 is 9.18 Å². The second-order valence-electron chi connectivity index (χ2n) is 10.2. The van der Waals surface area contributed by atoms with E-state index in [0.29, 0.717) is 40.8 Å². The predicted molar refractivity (Wildman–Crippen MR) is 159 cm³/mol. The highest BCUT2D eigenvalue weighted by molar-refractivity contribution is 7.16. The molecule has 212 valence electrons. The first-order valence-electron chi connectivity index (χ1n) is 13.6. The van der Waals surface area contributed by atoms with E-state index in [-0.39, 0.29) is 17.8 Å². The maximum absolute atomic E-state index is 13.5. The molecule has 0 spiro atoms.